The first-order chi connectivity index (χ1) is 13.4. The number of ether oxygens (including phenoxy) is 1. The van der Waals surface area contributed by atoms with Gasteiger partial charge in [0.15, 0.2) is 0 Å². The van der Waals surface area contributed by atoms with Crippen LogP contribution in [0.25, 0.3) is 5.76 Å². The number of pyridine rings is 1. The summed E-state index contributed by atoms with van der Waals surface area (Å²) in [6.07, 6.45) is 3.23. The zero-order chi connectivity index (χ0) is 20.3. The molecule has 0 radical (unpaired) electrons. The van der Waals surface area contributed by atoms with Gasteiger partial charge in [0.25, 0.3) is 11.7 Å². The molecule has 1 fully saturated rings. The van der Waals surface area contributed by atoms with E-state index in [1.54, 1.807) is 48.8 Å². The Kier molecular flexibility index (Phi) is 6.26. The number of hydrogen-bond donors (Lipinski definition) is 1. The molecule has 1 aliphatic heterocycles. The van der Waals surface area contributed by atoms with Gasteiger partial charge < -0.3 is 14.7 Å². The largest absolute Gasteiger partial charge is 0.507 e. The van der Waals surface area contributed by atoms with Crippen molar-refractivity contribution < 1.29 is 19.4 Å². The van der Waals surface area contributed by atoms with Gasteiger partial charge in [0, 0.05) is 29.0 Å². The van der Waals surface area contributed by atoms with Crippen molar-refractivity contribution in [3.8, 4) is 0 Å². The van der Waals surface area contributed by atoms with Gasteiger partial charge in [-0.1, -0.05) is 34.1 Å². The number of nitrogens with zero attached hydrogens (tertiary/aromatic N) is 2. The van der Waals surface area contributed by atoms with Crippen LogP contribution in [0.1, 0.15) is 31.0 Å². The molecule has 1 N–H and O–H groups in total. The van der Waals surface area contributed by atoms with Crippen LogP contribution < -0.4 is 0 Å². The van der Waals surface area contributed by atoms with E-state index >= 15 is 0 Å². The van der Waals surface area contributed by atoms with Crippen LogP contribution in [0.3, 0.4) is 0 Å². The SMILES string of the molecule is CC(C)OCCN1C(=O)C(=O)/C(=C(\O)c2ccc(Br)cc2)C1c1cccnc1. The Morgan fingerprint density at radius 3 is 2.57 bits per heavy atom. The molecule has 3 rings (SSSR count). The second-order valence-corrected chi connectivity index (χ2v) is 7.62. The number of Topliss-reactive ketones (excluding diaryl/α,β-unsaturated/α-hetero) is 1. The maximum Gasteiger partial charge on any atom is 0.295 e. The molecule has 146 valence electrons. The Hall–Kier alpha value is -2.51. The molecule has 1 aromatic heterocycles. The highest BCUT2D eigenvalue weighted by molar-refractivity contribution is 9.10. The van der Waals surface area contributed by atoms with Gasteiger partial charge in [-0.25, -0.2) is 0 Å². The highest BCUT2D eigenvalue weighted by Gasteiger charge is 2.46. The lowest BCUT2D eigenvalue weighted by Gasteiger charge is -2.25. The van der Waals surface area contributed by atoms with Gasteiger partial charge in [0.1, 0.15) is 5.76 Å². The zero-order valence-corrected chi connectivity index (χ0v) is 17.2. The van der Waals surface area contributed by atoms with Crippen LogP contribution in [0.15, 0.2) is 58.8 Å². The number of benzene rings is 1. The number of rotatable bonds is 6. The predicted octanol–water partition coefficient (Wildman–Crippen LogP) is 3.69. The fraction of sp³-hybridized carbons (Fsp3) is 0.286. The molecular formula is C21H21BrN2O4. The number of carbonyl (C=O) groups is 2. The predicted molar refractivity (Wildman–Crippen MR) is 108 cm³/mol. The Labute approximate surface area is 172 Å². The van der Waals surface area contributed by atoms with Crippen LogP contribution in [-0.4, -0.2) is 45.9 Å². The van der Waals surface area contributed by atoms with Crippen molar-refractivity contribution in [3.05, 3.63) is 70.0 Å². The molecule has 1 unspecified atom stereocenters. The number of amides is 1. The van der Waals surface area contributed by atoms with Crippen molar-refractivity contribution in [3.63, 3.8) is 0 Å². The molecule has 1 amide bonds. The molecule has 0 aliphatic carbocycles. The van der Waals surface area contributed by atoms with Crippen molar-refractivity contribution in [2.75, 3.05) is 13.2 Å². The summed E-state index contributed by atoms with van der Waals surface area (Å²) in [5.74, 6) is -1.56. The first-order valence-corrected chi connectivity index (χ1v) is 9.75. The number of aromatic nitrogens is 1. The quantitative estimate of drug-likeness (QED) is 0.417. The van der Waals surface area contributed by atoms with Crippen molar-refractivity contribution in [1.82, 2.24) is 9.88 Å². The third kappa shape index (κ3) is 4.15. The fourth-order valence-corrected chi connectivity index (χ4v) is 3.41. The van der Waals surface area contributed by atoms with Crippen LogP contribution in [-0.2, 0) is 14.3 Å². The van der Waals surface area contributed by atoms with Gasteiger partial charge in [-0.3, -0.25) is 14.6 Å². The Bertz CT molecular complexity index is 894. The number of halogens is 1. The topological polar surface area (TPSA) is 79.7 Å². The van der Waals surface area contributed by atoms with Gasteiger partial charge in [0.05, 0.1) is 24.3 Å². The van der Waals surface area contributed by atoms with E-state index in [9.17, 15) is 14.7 Å². The van der Waals surface area contributed by atoms with Crippen LogP contribution in [0.4, 0.5) is 0 Å². The van der Waals surface area contributed by atoms with E-state index < -0.39 is 17.7 Å². The number of ketones is 1. The van der Waals surface area contributed by atoms with Crippen molar-refractivity contribution in [2.24, 2.45) is 0 Å². The summed E-state index contributed by atoms with van der Waals surface area (Å²) in [4.78, 5) is 31.1. The zero-order valence-electron chi connectivity index (χ0n) is 15.6. The van der Waals surface area contributed by atoms with Crippen LogP contribution in [0, 0.1) is 0 Å². The van der Waals surface area contributed by atoms with E-state index in [0.29, 0.717) is 17.7 Å². The Morgan fingerprint density at radius 2 is 1.96 bits per heavy atom. The molecule has 1 atom stereocenters. The summed E-state index contributed by atoms with van der Waals surface area (Å²) >= 11 is 3.35. The molecule has 1 saturated heterocycles. The third-order valence-corrected chi connectivity index (χ3v) is 4.97. The lowest BCUT2D eigenvalue weighted by Crippen LogP contribution is -2.33. The summed E-state index contributed by atoms with van der Waals surface area (Å²) in [6.45, 7) is 4.33. The van der Waals surface area contributed by atoms with Gasteiger partial charge >= 0.3 is 0 Å². The number of aliphatic hydroxyl groups excluding tert-OH is 1. The maximum absolute atomic E-state index is 12.8. The van der Waals surface area contributed by atoms with Gasteiger partial charge in [-0.2, -0.15) is 0 Å². The van der Waals surface area contributed by atoms with Gasteiger partial charge in [0.2, 0.25) is 0 Å². The molecule has 1 aromatic carbocycles. The molecule has 2 heterocycles. The Morgan fingerprint density at radius 1 is 1.25 bits per heavy atom. The van der Waals surface area contributed by atoms with E-state index in [4.69, 9.17) is 4.74 Å². The minimum Gasteiger partial charge on any atom is -0.507 e. The minimum atomic E-state index is -0.715. The molecule has 1 aliphatic rings. The number of carbonyl (C=O) groups excluding carboxylic acids is 2. The van der Waals surface area contributed by atoms with Crippen LogP contribution >= 0.6 is 15.9 Å². The van der Waals surface area contributed by atoms with E-state index in [2.05, 4.69) is 20.9 Å². The van der Waals surface area contributed by atoms with Crippen LogP contribution in [0.5, 0.6) is 0 Å². The average molecular weight is 445 g/mol. The summed E-state index contributed by atoms with van der Waals surface area (Å²) in [5.41, 5.74) is 1.18. The molecule has 0 saturated carbocycles. The van der Waals surface area contributed by atoms with E-state index in [-0.39, 0.29) is 24.0 Å². The number of aliphatic hydroxyl groups is 1. The molecule has 0 spiro atoms. The molecule has 6 nitrogen and oxygen atoms in total. The normalized spacial score (nSPS) is 18.9. The van der Waals surface area contributed by atoms with Gasteiger partial charge in [-0.15, -0.1) is 0 Å². The van der Waals surface area contributed by atoms with Crippen molar-refractivity contribution in [1.29, 1.82) is 0 Å². The van der Waals surface area contributed by atoms with Crippen LogP contribution in [0.2, 0.25) is 0 Å². The van der Waals surface area contributed by atoms with E-state index in [1.165, 1.54) is 4.90 Å². The summed E-state index contributed by atoms with van der Waals surface area (Å²) in [6, 6.07) is 9.72. The lowest BCUT2D eigenvalue weighted by atomic mass is 9.96. The second kappa shape index (κ2) is 8.67. The van der Waals surface area contributed by atoms with E-state index in [1.807, 2.05) is 13.8 Å². The number of hydrogen-bond acceptors (Lipinski definition) is 5. The van der Waals surface area contributed by atoms with Gasteiger partial charge in [-0.05, 0) is 37.6 Å². The highest BCUT2D eigenvalue weighted by atomic mass is 79.9. The molecule has 7 heteroatoms. The monoisotopic (exact) mass is 444 g/mol. The van der Waals surface area contributed by atoms with Crippen molar-refractivity contribution >= 4 is 33.4 Å². The van der Waals surface area contributed by atoms with Crippen molar-refractivity contribution in [2.45, 2.75) is 26.0 Å². The third-order valence-electron chi connectivity index (χ3n) is 4.44. The second-order valence-electron chi connectivity index (χ2n) is 6.71. The standard InChI is InChI=1S/C21H21BrN2O4/c1-13(2)28-11-10-24-18(15-4-3-9-23-12-15)17(20(26)21(24)27)19(25)14-5-7-16(22)8-6-14/h3-9,12-13,18,25H,10-11H2,1-2H3/b19-17-. The van der Waals surface area contributed by atoms with E-state index in [0.717, 1.165) is 4.47 Å². The fourth-order valence-electron chi connectivity index (χ4n) is 3.14. The average Bonchev–Trinajstić information content (AvgIpc) is 2.93. The maximum atomic E-state index is 12.8. The summed E-state index contributed by atoms with van der Waals surface area (Å²) in [5, 5.41) is 10.9. The summed E-state index contributed by atoms with van der Waals surface area (Å²) < 4.78 is 6.41. The Balaban J connectivity index is 2.06. The molecule has 28 heavy (non-hydrogen) atoms. The first kappa shape index (κ1) is 20.2. The smallest absolute Gasteiger partial charge is 0.295 e. The molecular weight excluding hydrogens is 424 g/mol. The minimum absolute atomic E-state index is 0.0106. The number of likely N-dealkylation sites (tertiary alicyclic amines) is 1. The molecule has 0 bridgehead atoms. The lowest BCUT2D eigenvalue weighted by molar-refractivity contribution is -0.140. The molecule has 2 aromatic rings. The highest BCUT2D eigenvalue weighted by Crippen LogP contribution is 2.39. The first-order valence-electron chi connectivity index (χ1n) is 8.96. The summed E-state index contributed by atoms with van der Waals surface area (Å²) in [7, 11) is 0.